The van der Waals surface area contributed by atoms with Crippen LogP contribution in [0.5, 0.6) is 0 Å². The van der Waals surface area contributed by atoms with Crippen molar-refractivity contribution in [1.29, 1.82) is 0 Å². The van der Waals surface area contributed by atoms with E-state index in [1.54, 1.807) is 0 Å². The van der Waals surface area contributed by atoms with Crippen molar-refractivity contribution in [2.75, 3.05) is 26.4 Å². The summed E-state index contributed by atoms with van der Waals surface area (Å²) in [4.78, 5) is 2.13. The highest BCUT2D eigenvalue weighted by Crippen LogP contribution is 2.20. The van der Waals surface area contributed by atoms with Gasteiger partial charge in [-0.3, -0.25) is 0 Å². The number of hydrogen-bond donors (Lipinski definition) is 1. The maximum Gasteiger partial charge on any atom is 0.121 e. The molecule has 0 fully saturated rings. The Morgan fingerprint density at radius 3 is 2.50 bits per heavy atom. The molecule has 1 aromatic heterocycles. The Morgan fingerprint density at radius 2 is 2.00 bits per heavy atom. The minimum atomic E-state index is 0.257. The van der Waals surface area contributed by atoms with Crippen molar-refractivity contribution in [1.82, 2.24) is 14.7 Å². The first-order valence-electron chi connectivity index (χ1n) is 5.75. The van der Waals surface area contributed by atoms with E-state index >= 15 is 0 Å². The van der Waals surface area contributed by atoms with Gasteiger partial charge in [0.05, 0.1) is 12.2 Å². The number of nitrogens with two attached hydrogens (primary N) is 1. The standard InChI is InChI=1S/C12H24N4/c1-12(2,3)9-10-8-11(13)16(14-10)7-6-15(4)5/h8H,6-7,9,13H2,1-5H3. The first-order chi connectivity index (χ1) is 7.28. The summed E-state index contributed by atoms with van der Waals surface area (Å²) in [6, 6.07) is 1.99. The molecular formula is C12H24N4. The van der Waals surface area contributed by atoms with Crippen molar-refractivity contribution >= 4 is 5.82 Å². The van der Waals surface area contributed by atoms with E-state index in [1.807, 2.05) is 10.7 Å². The molecule has 4 nitrogen and oxygen atoms in total. The molecule has 2 N–H and O–H groups in total. The van der Waals surface area contributed by atoms with Crippen molar-refractivity contribution < 1.29 is 0 Å². The average molecular weight is 224 g/mol. The molecule has 0 spiro atoms. The highest BCUT2D eigenvalue weighted by molar-refractivity contribution is 5.31. The number of hydrogen-bond acceptors (Lipinski definition) is 3. The van der Waals surface area contributed by atoms with E-state index in [4.69, 9.17) is 5.73 Å². The van der Waals surface area contributed by atoms with E-state index in [0.717, 1.165) is 31.0 Å². The summed E-state index contributed by atoms with van der Waals surface area (Å²) in [7, 11) is 4.10. The Morgan fingerprint density at radius 1 is 1.38 bits per heavy atom. The molecule has 1 aromatic rings. The lowest BCUT2D eigenvalue weighted by Gasteiger charge is -2.15. The Bertz CT molecular complexity index is 333. The smallest absolute Gasteiger partial charge is 0.121 e. The van der Waals surface area contributed by atoms with Gasteiger partial charge in [0, 0.05) is 12.6 Å². The first-order valence-corrected chi connectivity index (χ1v) is 5.75. The lowest BCUT2D eigenvalue weighted by atomic mass is 9.91. The second kappa shape index (κ2) is 4.87. The summed E-state index contributed by atoms with van der Waals surface area (Å²) in [6.45, 7) is 8.44. The van der Waals surface area contributed by atoms with Gasteiger partial charge in [-0.05, 0) is 25.9 Å². The molecule has 0 bridgehead atoms. The van der Waals surface area contributed by atoms with E-state index in [1.165, 1.54) is 0 Å². The van der Waals surface area contributed by atoms with Crippen LogP contribution in [0.1, 0.15) is 26.5 Å². The molecule has 0 unspecified atom stereocenters. The van der Waals surface area contributed by atoms with Gasteiger partial charge < -0.3 is 10.6 Å². The van der Waals surface area contributed by atoms with Crippen LogP contribution in [0.2, 0.25) is 0 Å². The summed E-state index contributed by atoms with van der Waals surface area (Å²) < 4.78 is 1.89. The molecule has 16 heavy (non-hydrogen) atoms. The highest BCUT2D eigenvalue weighted by Gasteiger charge is 2.14. The molecule has 1 rings (SSSR count). The van der Waals surface area contributed by atoms with Gasteiger partial charge in [0.25, 0.3) is 0 Å². The summed E-state index contributed by atoms with van der Waals surface area (Å²) in [5.74, 6) is 0.765. The molecule has 4 heteroatoms. The van der Waals surface area contributed by atoms with Gasteiger partial charge in [0.1, 0.15) is 5.82 Å². The fraction of sp³-hybridized carbons (Fsp3) is 0.750. The van der Waals surface area contributed by atoms with Crippen molar-refractivity contribution in [3.8, 4) is 0 Å². The average Bonchev–Trinajstić information content (AvgIpc) is 2.39. The Hall–Kier alpha value is -1.03. The van der Waals surface area contributed by atoms with Gasteiger partial charge in [-0.15, -0.1) is 0 Å². The second-order valence-electron chi connectivity index (χ2n) is 5.82. The van der Waals surface area contributed by atoms with Gasteiger partial charge in [0.15, 0.2) is 0 Å². The molecule has 0 aliphatic carbocycles. The third-order valence-electron chi connectivity index (χ3n) is 2.33. The van der Waals surface area contributed by atoms with Crippen LogP contribution >= 0.6 is 0 Å². The van der Waals surface area contributed by atoms with E-state index in [9.17, 15) is 0 Å². The molecule has 0 aliphatic heterocycles. The van der Waals surface area contributed by atoms with Gasteiger partial charge in [-0.2, -0.15) is 5.10 Å². The fourth-order valence-electron chi connectivity index (χ4n) is 1.59. The second-order valence-corrected chi connectivity index (χ2v) is 5.82. The molecule has 0 aliphatic rings. The third kappa shape index (κ3) is 4.23. The van der Waals surface area contributed by atoms with Crippen LogP contribution in [-0.2, 0) is 13.0 Å². The minimum absolute atomic E-state index is 0.257. The molecule has 1 heterocycles. The SMILES string of the molecule is CN(C)CCn1nc(CC(C)(C)C)cc1N. The quantitative estimate of drug-likeness (QED) is 0.845. The predicted octanol–water partition coefficient (Wildman–Crippen LogP) is 1.62. The maximum absolute atomic E-state index is 5.93. The highest BCUT2D eigenvalue weighted by atomic mass is 15.3. The lowest BCUT2D eigenvalue weighted by molar-refractivity contribution is 0.369. The largest absolute Gasteiger partial charge is 0.384 e. The molecular weight excluding hydrogens is 200 g/mol. The van der Waals surface area contributed by atoms with Crippen LogP contribution in [0.25, 0.3) is 0 Å². The van der Waals surface area contributed by atoms with E-state index in [0.29, 0.717) is 0 Å². The van der Waals surface area contributed by atoms with Crippen LogP contribution in [-0.4, -0.2) is 35.3 Å². The summed E-state index contributed by atoms with van der Waals surface area (Å²) >= 11 is 0. The number of anilines is 1. The summed E-state index contributed by atoms with van der Waals surface area (Å²) in [5, 5.41) is 4.53. The van der Waals surface area contributed by atoms with E-state index in [-0.39, 0.29) is 5.41 Å². The zero-order valence-corrected chi connectivity index (χ0v) is 11.1. The number of nitrogens with zero attached hydrogens (tertiary/aromatic N) is 3. The van der Waals surface area contributed by atoms with Crippen LogP contribution in [0, 0.1) is 5.41 Å². The first kappa shape index (κ1) is 13.0. The van der Waals surface area contributed by atoms with E-state index in [2.05, 4.69) is 44.9 Å². The number of aromatic nitrogens is 2. The van der Waals surface area contributed by atoms with Crippen LogP contribution in [0.3, 0.4) is 0 Å². The van der Waals surface area contributed by atoms with Crippen molar-refractivity contribution in [3.05, 3.63) is 11.8 Å². The topological polar surface area (TPSA) is 47.1 Å². The molecule has 0 atom stereocenters. The maximum atomic E-state index is 5.93. The fourth-order valence-corrected chi connectivity index (χ4v) is 1.59. The summed E-state index contributed by atoms with van der Waals surface area (Å²) in [6.07, 6.45) is 0.964. The predicted molar refractivity (Wildman–Crippen MR) is 68.4 cm³/mol. The van der Waals surface area contributed by atoms with Crippen LogP contribution in [0.15, 0.2) is 6.07 Å². The number of rotatable bonds is 4. The van der Waals surface area contributed by atoms with Crippen molar-refractivity contribution in [2.45, 2.75) is 33.7 Å². The van der Waals surface area contributed by atoms with Gasteiger partial charge in [0.2, 0.25) is 0 Å². The van der Waals surface area contributed by atoms with Gasteiger partial charge in [-0.1, -0.05) is 20.8 Å². The Kier molecular flexibility index (Phi) is 3.97. The van der Waals surface area contributed by atoms with Crippen LogP contribution < -0.4 is 5.73 Å². The number of likely N-dealkylation sites (N-methyl/N-ethyl adjacent to an activating group) is 1. The monoisotopic (exact) mass is 224 g/mol. The Balaban J connectivity index is 2.66. The van der Waals surface area contributed by atoms with E-state index < -0.39 is 0 Å². The normalized spacial score (nSPS) is 12.4. The molecule has 0 saturated heterocycles. The minimum Gasteiger partial charge on any atom is -0.384 e. The van der Waals surface area contributed by atoms with Gasteiger partial charge in [-0.25, -0.2) is 4.68 Å². The number of nitrogen functional groups attached to an aromatic ring is 1. The molecule has 0 radical (unpaired) electrons. The zero-order chi connectivity index (χ0) is 12.3. The third-order valence-corrected chi connectivity index (χ3v) is 2.33. The molecule has 0 aromatic carbocycles. The van der Waals surface area contributed by atoms with Crippen molar-refractivity contribution in [2.24, 2.45) is 5.41 Å². The lowest BCUT2D eigenvalue weighted by Crippen LogP contribution is -2.20. The molecule has 0 amide bonds. The molecule has 92 valence electrons. The van der Waals surface area contributed by atoms with Crippen molar-refractivity contribution in [3.63, 3.8) is 0 Å². The summed E-state index contributed by atoms with van der Waals surface area (Å²) in [5.41, 5.74) is 7.27. The van der Waals surface area contributed by atoms with Gasteiger partial charge >= 0.3 is 0 Å². The molecule has 0 saturated carbocycles. The Labute approximate surface area is 98.4 Å². The zero-order valence-electron chi connectivity index (χ0n) is 11.1. The van der Waals surface area contributed by atoms with Crippen LogP contribution in [0.4, 0.5) is 5.82 Å².